The molecule has 1 N–H and O–H groups in total. The Hall–Kier alpha value is -2.29. The molecule has 2 amide bonds. The molecular weight excluding hydrogens is 521 g/mol. The van der Waals surface area contributed by atoms with Crippen molar-refractivity contribution in [1.29, 1.82) is 0 Å². The van der Waals surface area contributed by atoms with Crippen LogP contribution in [0.1, 0.15) is 50.2 Å². The Morgan fingerprint density at radius 3 is 2.39 bits per heavy atom. The molecule has 0 aromatic heterocycles. The first kappa shape index (κ1) is 28.3. The van der Waals surface area contributed by atoms with Gasteiger partial charge in [-0.15, -0.1) is 0 Å². The summed E-state index contributed by atoms with van der Waals surface area (Å²) in [6, 6.07) is 11.3. The number of halogens is 2. The molecule has 1 aliphatic carbocycles. The van der Waals surface area contributed by atoms with Crippen LogP contribution >= 0.6 is 23.2 Å². The second-order valence-corrected chi connectivity index (χ2v) is 12.1. The van der Waals surface area contributed by atoms with Gasteiger partial charge in [-0.3, -0.25) is 13.9 Å². The molecule has 2 aromatic rings. The van der Waals surface area contributed by atoms with Crippen LogP contribution < -0.4 is 9.62 Å². The zero-order valence-corrected chi connectivity index (χ0v) is 23.2. The van der Waals surface area contributed by atoms with Gasteiger partial charge in [0.1, 0.15) is 12.6 Å². The van der Waals surface area contributed by atoms with Crippen LogP contribution in [-0.2, 0) is 26.2 Å². The average molecular weight is 555 g/mol. The first-order chi connectivity index (χ1) is 17.0. The highest BCUT2D eigenvalue weighted by Crippen LogP contribution is 2.30. The summed E-state index contributed by atoms with van der Waals surface area (Å²) in [6.07, 6.45) is 6.14. The molecule has 0 saturated heterocycles. The van der Waals surface area contributed by atoms with Crippen LogP contribution in [0, 0.1) is 6.92 Å². The van der Waals surface area contributed by atoms with E-state index in [4.69, 9.17) is 23.2 Å². The molecule has 196 valence electrons. The lowest BCUT2D eigenvalue weighted by Gasteiger charge is -2.33. The van der Waals surface area contributed by atoms with E-state index < -0.39 is 28.5 Å². The molecule has 2 aromatic carbocycles. The summed E-state index contributed by atoms with van der Waals surface area (Å²) < 4.78 is 26.3. The summed E-state index contributed by atoms with van der Waals surface area (Å²) in [5.41, 5.74) is 2.01. The minimum Gasteiger partial charge on any atom is -0.352 e. The van der Waals surface area contributed by atoms with E-state index in [1.165, 1.54) is 23.1 Å². The van der Waals surface area contributed by atoms with Gasteiger partial charge in [-0.2, -0.15) is 0 Å². The highest BCUT2D eigenvalue weighted by atomic mass is 35.5. The van der Waals surface area contributed by atoms with Crippen LogP contribution in [0.4, 0.5) is 5.69 Å². The van der Waals surface area contributed by atoms with Crippen LogP contribution in [-0.4, -0.2) is 50.0 Å². The molecule has 0 radical (unpaired) electrons. The van der Waals surface area contributed by atoms with E-state index in [9.17, 15) is 18.0 Å². The van der Waals surface area contributed by atoms with E-state index in [1.807, 2.05) is 31.2 Å². The Labute approximate surface area is 223 Å². The molecule has 1 fully saturated rings. The van der Waals surface area contributed by atoms with Gasteiger partial charge in [0, 0.05) is 17.6 Å². The number of nitrogens with zero attached hydrogens (tertiary/aromatic N) is 2. The van der Waals surface area contributed by atoms with Gasteiger partial charge < -0.3 is 10.2 Å². The van der Waals surface area contributed by atoms with Crippen LogP contribution in [0.3, 0.4) is 0 Å². The van der Waals surface area contributed by atoms with Crippen LogP contribution in [0.5, 0.6) is 0 Å². The van der Waals surface area contributed by atoms with Gasteiger partial charge in [0.2, 0.25) is 21.8 Å². The van der Waals surface area contributed by atoms with Gasteiger partial charge in [-0.05, 0) is 50.5 Å². The number of carbonyl (C=O) groups is 2. The first-order valence-electron chi connectivity index (χ1n) is 12.0. The lowest BCUT2D eigenvalue weighted by atomic mass is 9.95. The predicted molar refractivity (Wildman–Crippen MR) is 145 cm³/mol. The van der Waals surface area contributed by atoms with Gasteiger partial charge in [0.15, 0.2) is 0 Å². The standard InChI is InChI=1S/C26H33Cl2N3O4S/c1-18-8-7-9-20(14-18)16-30(19(2)26(33)29-22-10-5-4-6-11-22)25(32)17-31(36(3,34)35)24-13-12-21(27)15-23(24)28/h7-9,12-15,19,22H,4-6,10-11,16-17H2,1-3H3,(H,29,33)/t19-/m1/s1. The number of rotatable bonds is 9. The molecule has 3 rings (SSSR count). The number of aryl methyl sites for hydroxylation is 1. The zero-order valence-electron chi connectivity index (χ0n) is 20.8. The molecule has 0 spiro atoms. The quantitative estimate of drug-likeness (QED) is 0.476. The van der Waals surface area contributed by atoms with E-state index in [-0.39, 0.29) is 29.2 Å². The third-order valence-corrected chi connectivity index (χ3v) is 8.08. The molecule has 0 aliphatic heterocycles. The third kappa shape index (κ3) is 7.60. The topological polar surface area (TPSA) is 86.8 Å². The van der Waals surface area contributed by atoms with Gasteiger partial charge in [-0.25, -0.2) is 8.42 Å². The first-order valence-corrected chi connectivity index (χ1v) is 14.6. The summed E-state index contributed by atoms with van der Waals surface area (Å²) in [5, 5.41) is 3.53. The summed E-state index contributed by atoms with van der Waals surface area (Å²) in [7, 11) is -3.87. The van der Waals surface area contributed by atoms with Crippen LogP contribution in [0.25, 0.3) is 0 Å². The lowest BCUT2D eigenvalue weighted by molar-refractivity contribution is -0.139. The molecule has 10 heteroatoms. The van der Waals surface area contributed by atoms with Crippen molar-refractivity contribution in [3.8, 4) is 0 Å². The number of nitrogens with one attached hydrogen (secondary N) is 1. The maximum absolute atomic E-state index is 13.6. The normalized spacial score (nSPS) is 15.2. The largest absolute Gasteiger partial charge is 0.352 e. The third-order valence-electron chi connectivity index (χ3n) is 6.41. The minimum absolute atomic E-state index is 0.0880. The number of hydrogen-bond donors (Lipinski definition) is 1. The Balaban J connectivity index is 1.89. The number of amides is 2. The summed E-state index contributed by atoms with van der Waals surface area (Å²) in [5.74, 6) is -0.766. The molecular formula is C26H33Cl2N3O4S. The second kappa shape index (κ2) is 12.3. The van der Waals surface area contributed by atoms with Crippen molar-refractivity contribution in [2.75, 3.05) is 17.1 Å². The smallest absolute Gasteiger partial charge is 0.244 e. The summed E-state index contributed by atoms with van der Waals surface area (Å²) in [6.45, 7) is 3.27. The highest BCUT2D eigenvalue weighted by molar-refractivity contribution is 7.92. The van der Waals surface area contributed by atoms with Crippen LogP contribution in [0.15, 0.2) is 42.5 Å². The van der Waals surface area contributed by atoms with E-state index in [1.54, 1.807) is 6.92 Å². The molecule has 36 heavy (non-hydrogen) atoms. The SMILES string of the molecule is Cc1cccc(CN(C(=O)CN(c2ccc(Cl)cc2Cl)S(C)(=O)=O)[C@H](C)C(=O)NC2CCCCC2)c1. The van der Waals surface area contributed by atoms with Crippen molar-refractivity contribution in [3.63, 3.8) is 0 Å². The Kier molecular flexibility index (Phi) is 9.66. The molecule has 1 saturated carbocycles. The maximum atomic E-state index is 13.6. The Morgan fingerprint density at radius 2 is 1.78 bits per heavy atom. The molecule has 1 aliphatic rings. The monoisotopic (exact) mass is 553 g/mol. The fourth-order valence-electron chi connectivity index (χ4n) is 4.44. The van der Waals surface area contributed by atoms with Crippen molar-refractivity contribution in [2.24, 2.45) is 0 Å². The minimum atomic E-state index is -3.87. The van der Waals surface area contributed by atoms with Crippen molar-refractivity contribution >= 4 is 50.7 Å². The van der Waals surface area contributed by atoms with Crippen molar-refractivity contribution < 1.29 is 18.0 Å². The van der Waals surface area contributed by atoms with Gasteiger partial charge >= 0.3 is 0 Å². The average Bonchev–Trinajstić information content (AvgIpc) is 2.81. The van der Waals surface area contributed by atoms with E-state index >= 15 is 0 Å². The number of anilines is 1. The van der Waals surface area contributed by atoms with Gasteiger partial charge in [-0.1, -0.05) is 72.3 Å². The Morgan fingerprint density at radius 1 is 1.08 bits per heavy atom. The lowest BCUT2D eigenvalue weighted by Crippen LogP contribution is -2.53. The molecule has 0 bridgehead atoms. The second-order valence-electron chi connectivity index (χ2n) is 9.40. The fourth-order valence-corrected chi connectivity index (χ4v) is 5.86. The van der Waals surface area contributed by atoms with Gasteiger partial charge in [0.05, 0.1) is 17.0 Å². The van der Waals surface area contributed by atoms with Crippen molar-refractivity contribution in [1.82, 2.24) is 10.2 Å². The fraction of sp³-hybridized carbons (Fsp3) is 0.462. The number of benzene rings is 2. The summed E-state index contributed by atoms with van der Waals surface area (Å²) >= 11 is 12.3. The summed E-state index contributed by atoms with van der Waals surface area (Å²) in [4.78, 5) is 28.3. The van der Waals surface area contributed by atoms with Crippen molar-refractivity contribution in [2.45, 2.75) is 64.6 Å². The number of hydrogen-bond acceptors (Lipinski definition) is 4. The van der Waals surface area contributed by atoms with Crippen molar-refractivity contribution in [3.05, 3.63) is 63.6 Å². The molecule has 7 nitrogen and oxygen atoms in total. The van der Waals surface area contributed by atoms with Gasteiger partial charge in [0.25, 0.3) is 0 Å². The van der Waals surface area contributed by atoms with Crippen LogP contribution in [0.2, 0.25) is 10.0 Å². The zero-order chi connectivity index (χ0) is 26.5. The number of sulfonamides is 1. The molecule has 1 atom stereocenters. The van der Waals surface area contributed by atoms with E-state index in [0.717, 1.165) is 53.8 Å². The highest BCUT2D eigenvalue weighted by Gasteiger charge is 2.31. The van der Waals surface area contributed by atoms with E-state index in [0.29, 0.717) is 5.02 Å². The van der Waals surface area contributed by atoms with E-state index in [2.05, 4.69) is 5.32 Å². The molecule has 0 heterocycles. The molecule has 0 unspecified atom stereocenters. The Bertz CT molecular complexity index is 1200. The predicted octanol–water partition coefficient (Wildman–Crippen LogP) is 4.93. The maximum Gasteiger partial charge on any atom is 0.244 e. The number of carbonyl (C=O) groups excluding carboxylic acids is 2.